The van der Waals surface area contributed by atoms with Crippen molar-refractivity contribution in [3.05, 3.63) is 11.1 Å². The van der Waals surface area contributed by atoms with E-state index >= 15 is 0 Å². The van der Waals surface area contributed by atoms with Gasteiger partial charge in [-0.25, -0.2) is 0 Å². The summed E-state index contributed by atoms with van der Waals surface area (Å²) >= 11 is 0. The minimum Gasteiger partial charge on any atom is -0.468 e. The number of esters is 1. The van der Waals surface area contributed by atoms with E-state index < -0.39 is 16.0 Å². The Morgan fingerprint density at radius 1 is 1.46 bits per heavy atom. The largest absolute Gasteiger partial charge is 0.468 e. The molecule has 0 radical (unpaired) electrons. The quantitative estimate of drug-likeness (QED) is 0.471. The predicted octanol–water partition coefficient (Wildman–Crippen LogP) is 1.02. The van der Waals surface area contributed by atoms with Gasteiger partial charge in [0.2, 0.25) is 0 Å². The van der Waals surface area contributed by atoms with E-state index in [1.165, 1.54) is 7.11 Å². The van der Waals surface area contributed by atoms with Crippen LogP contribution in [0.5, 0.6) is 0 Å². The predicted molar refractivity (Wildman–Crippen MR) is 51.8 cm³/mol. The number of rotatable bonds is 1. The molecule has 0 N–H and O–H groups in total. The van der Waals surface area contributed by atoms with E-state index in [9.17, 15) is 9.00 Å². The Kier molecular flexibility index (Phi) is 3.25. The summed E-state index contributed by atoms with van der Waals surface area (Å²) in [6, 6.07) is 0. The zero-order valence-electron chi connectivity index (χ0n) is 8.12. The maximum atomic E-state index is 11.5. The molecule has 0 aromatic rings. The third-order valence-electron chi connectivity index (χ3n) is 2.36. The summed E-state index contributed by atoms with van der Waals surface area (Å²) in [5, 5.41) is -0.450. The zero-order valence-corrected chi connectivity index (χ0v) is 8.94. The van der Waals surface area contributed by atoms with Crippen LogP contribution in [0, 0.1) is 0 Å². The van der Waals surface area contributed by atoms with Crippen LogP contribution in [0.3, 0.4) is 0 Å². The highest BCUT2D eigenvalue weighted by Crippen LogP contribution is 2.22. The van der Waals surface area contributed by atoms with Crippen molar-refractivity contribution in [2.24, 2.45) is 0 Å². The second kappa shape index (κ2) is 4.05. The van der Waals surface area contributed by atoms with Crippen LogP contribution in [-0.2, 0) is 20.3 Å². The van der Waals surface area contributed by atoms with Gasteiger partial charge >= 0.3 is 5.97 Å². The molecule has 0 saturated carbocycles. The standard InChI is InChI=1S/C9H14O3S/c1-6-4-8(9(10)12-3)13(11)5-7(6)2/h8H,4-5H2,1-3H3/t8-,13+/m0/s1. The van der Waals surface area contributed by atoms with E-state index in [0.29, 0.717) is 12.2 Å². The number of carbonyl (C=O) groups is 1. The first-order valence-corrected chi connectivity index (χ1v) is 5.54. The van der Waals surface area contributed by atoms with Crippen molar-refractivity contribution in [2.45, 2.75) is 25.5 Å². The smallest absolute Gasteiger partial charge is 0.321 e. The molecule has 74 valence electrons. The van der Waals surface area contributed by atoms with Gasteiger partial charge in [0.05, 0.1) is 7.11 Å². The lowest BCUT2D eigenvalue weighted by molar-refractivity contribution is -0.140. The fraction of sp³-hybridized carbons (Fsp3) is 0.667. The summed E-state index contributed by atoms with van der Waals surface area (Å²) < 4.78 is 16.1. The van der Waals surface area contributed by atoms with Crippen molar-refractivity contribution in [3.8, 4) is 0 Å². The molecular weight excluding hydrogens is 188 g/mol. The second-order valence-electron chi connectivity index (χ2n) is 3.30. The van der Waals surface area contributed by atoms with Crippen LogP contribution in [0.4, 0.5) is 0 Å². The molecule has 1 rings (SSSR count). The Bertz CT molecular complexity index is 281. The van der Waals surface area contributed by atoms with Crippen molar-refractivity contribution in [2.75, 3.05) is 12.9 Å². The highest BCUT2D eigenvalue weighted by Gasteiger charge is 2.30. The molecule has 1 heterocycles. The molecule has 0 aliphatic carbocycles. The SMILES string of the molecule is COC(=O)[C@@H]1CC(C)=C(C)C[S@]1=O. The molecule has 3 nitrogen and oxygen atoms in total. The molecule has 1 aliphatic heterocycles. The highest BCUT2D eigenvalue weighted by atomic mass is 32.2. The van der Waals surface area contributed by atoms with E-state index in [4.69, 9.17) is 0 Å². The van der Waals surface area contributed by atoms with Crippen LogP contribution in [0.25, 0.3) is 0 Å². The average molecular weight is 202 g/mol. The minimum atomic E-state index is -1.09. The van der Waals surface area contributed by atoms with Gasteiger partial charge < -0.3 is 4.74 Å². The van der Waals surface area contributed by atoms with Gasteiger partial charge in [0.25, 0.3) is 0 Å². The maximum absolute atomic E-state index is 11.5. The van der Waals surface area contributed by atoms with Crippen LogP contribution in [0.15, 0.2) is 11.1 Å². The summed E-state index contributed by atoms with van der Waals surface area (Å²) in [7, 11) is 0.242. The lowest BCUT2D eigenvalue weighted by Gasteiger charge is -2.21. The molecule has 0 unspecified atom stereocenters. The average Bonchev–Trinajstić information content (AvgIpc) is 2.10. The third kappa shape index (κ3) is 2.18. The zero-order chi connectivity index (χ0) is 10.0. The summed E-state index contributed by atoms with van der Waals surface area (Å²) in [6.45, 7) is 3.93. The van der Waals surface area contributed by atoms with Crippen molar-refractivity contribution in [1.82, 2.24) is 0 Å². The van der Waals surface area contributed by atoms with Crippen molar-refractivity contribution in [1.29, 1.82) is 0 Å². The first-order chi connectivity index (χ1) is 6.06. The van der Waals surface area contributed by atoms with Gasteiger partial charge in [-0.3, -0.25) is 9.00 Å². The number of allylic oxidation sites excluding steroid dienone is 1. The van der Waals surface area contributed by atoms with E-state index in [-0.39, 0.29) is 5.97 Å². The summed E-state index contributed by atoms with van der Waals surface area (Å²) in [5.41, 5.74) is 2.30. The fourth-order valence-electron chi connectivity index (χ4n) is 1.30. The normalized spacial score (nSPS) is 28.8. The molecular formula is C9H14O3S. The van der Waals surface area contributed by atoms with Crippen LogP contribution in [0.2, 0.25) is 0 Å². The fourth-order valence-corrected chi connectivity index (χ4v) is 2.93. The molecule has 0 aromatic heterocycles. The molecule has 0 amide bonds. The molecule has 0 saturated heterocycles. The van der Waals surface area contributed by atoms with E-state index in [0.717, 1.165) is 11.1 Å². The van der Waals surface area contributed by atoms with Gasteiger partial charge in [0, 0.05) is 16.6 Å². The molecule has 13 heavy (non-hydrogen) atoms. The monoisotopic (exact) mass is 202 g/mol. The van der Waals surface area contributed by atoms with Crippen molar-refractivity contribution >= 4 is 16.8 Å². The van der Waals surface area contributed by atoms with Gasteiger partial charge in [0.1, 0.15) is 5.25 Å². The van der Waals surface area contributed by atoms with Gasteiger partial charge in [-0.2, -0.15) is 0 Å². The highest BCUT2D eigenvalue weighted by molar-refractivity contribution is 7.86. The summed E-state index contributed by atoms with van der Waals surface area (Å²) in [4.78, 5) is 11.2. The van der Waals surface area contributed by atoms with Gasteiger partial charge in [-0.15, -0.1) is 0 Å². The Morgan fingerprint density at radius 2 is 2.08 bits per heavy atom. The molecule has 0 fully saturated rings. The maximum Gasteiger partial charge on any atom is 0.321 e. The summed E-state index contributed by atoms with van der Waals surface area (Å²) in [5.74, 6) is 0.149. The van der Waals surface area contributed by atoms with Crippen molar-refractivity contribution in [3.63, 3.8) is 0 Å². The first kappa shape index (κ1) is 10.4. The second-order valence-corrected chi connectivity index (χ2v) is 4.92. The lowest BCUT2D eigenvalue weighted by Crippen LogP contribution is -2.32. The van der Waals surface area contributed by atoms with Gasteiger partial charge in [-0.05, 0) is 20.3 Å². The molecule has 1 aliphatic rings. The van der Waals surface area contributed by atoms with Gasteiger partial charge in [-0.1, -0.05) is 11.1 Å². The van der Waals surface area contributed by atoms with E-state index in [1.807, 2.05) is 13.8 Å². The Morgan fingerprint density at radius 3 is 2.62 bits per heavy atom. The van der Waals surface area contributed by atoms with Gasteiger partial charge in [0.15, 0.2) is 0 Å². The Labute approximate surface area is 80.6 Å². The van der Waals surface area contributed by atoms with Crippen LogP contribution in [-0.4, -0.2) is 28.3 Å². The number of ether oxygens (including phenoxy) is 1. The number of carbonyl (C=O) groups excluding carboxylic acids is 1. The topological polar surface area (TPSA) is 43.4 Å². The lowest BCUT2D eigenvalue weighted by atomic mass is 10.1. The molecule has 0 bridgehead atoms. The number of methoxy groups -OCH3 is 1. The molecule has 0 spiro atoms. The van der Waals surface area contributed by atoms with E-state index in [1.54, 1.807) is 0 Å². The molecule has 0 aromatic carbocycles. The number of hydrogen-bond acceptors (Lipinski definition) is 3. The first-order valence-electron chi connectivity index (χ1n) is 4.16. The minimum absolute atomic E-state index is 0.356. The number of hydrogen-bond donors (Lipinski definition) is 0. The Hall–Kier alpha value is -0.640. The Balaban J connectivity index is 2.82. The van der Waals surface area contributed by atoms with Crippen LogP contribution < -0.4 is 0 Å². The van der Waals surface area contributed by atoms with E-state index in [2.05, 4.69) is 4.74 Å². The van der Waals surface area contributed by atoms with Crippen LogP contribution in [0.1, 0.15) is 20.3 Å². The molecule has 2 atom stereocenters. The van der Waals surface area contributed by atoms with Crippen molar-refractivity contribution < 1.29 is 13.7 Å². The van der Waals surface area contributed by atoms with Crippen LogP contribution >= 0.6 is 0 Å². The molecule has 4 heteroatoms. The third-order valence-corrected chi connectivity index (χ3v) is 4.07. The summed E-state index contributed by atoms with van der Waals surface area (Å²) in [6.07, 6.45) is 0.575.